The fraction of sp³-hybridized carbons (Fsp3) is 0.286. The summed E-state index contributed by atoms with van der Waals surface area (Å²) in [6.45, 7) is 3.95. The number of ether oxygens (including phenoxy) is 1. The van der Waals surface area contributed by atoms with Crippen LogP contribution in [0.2, 0.25) is 0 Å². The van der Waals surface area contributed by atoms with Gasteiger partial charge >= 0.3 is 5.91 Å². The van der Waals surface area contributed by atoms with Crippen molar-refractivity contribution in [3.63, 3.8) is 0 Å². The Labute approximate surface area is 167 Å². The summed E-state index contributed by atoms with van der Waals surface area (Å²) in [6.07, 6.45) is 4.73. The second kappa shape index (κ2) is 7.56. The van der Waals surface area contributed by atoms with E-state index in [0.717, 1.165) is 48.4 Å². The molecule has 0 aliphatic carbocycles. The number of hydrogen-bond acceptors (Lipinski definition) is 7. The maximum Gasteiger partial charge on any atom is 0.310 e. The molecule has 0 bridgehead atoms. The Kier molecular flexibility index (Phi) is 4.61. The van der Waals surface area contributed by atoms with Gasteiger partial charge < -0.3 is 24.7 Å². The highest BCUT2D eigenvalue weighted by Crippen LogP contribution is 2.32. The van der Waals surface area contributed by atoms with Gasteiger partial charge in [0.15, 0.2) is 0 Å². The second-order valence-corrected chi connectivity index (χ2v) is 7.02. The van der Waals surface area contributed by atoms with Crippen LogP contribution in [0.25, 0.3) is 11.0 Å². The van der Waals surface area contributed by atoms with Gasteiger partial charge in [0.05, 0.1) is 30.4 Å². The summed E-state index contributed by atoms with van der Waals surface area (Å²) in [7, 11) is 0. The first-order valence-electron chi connectivity index (χ1n) is 9.68. The van der Waals surface area contributed by atoms with Crippen LogP contribution in [0.4, 0.5) is 11.4 Å². The van der Waals surface area contributed by atoms with E-state index in [1.54, 1.807) is 18.7 Å². The van der Waals surface area contributed by atoms with Gasteiger partial charge in [-0.3, -0.25) is 9.78 Å². The fourth-order valence-corrected chi connectivity index (χ4v) is 3.75. The van der Waals surface area contributed by atoms with Crippen molar-refractivity contribution >= 4 is 34.1 Å². The molecule has 3 aromatic rings. The number of fused-ring (bicyclic) bond motifs is 1. The number of carbonyl (C=O) groups is 1. The first-order chi connectivity index (χ1) is 14.3. The highest BCUT2D eigenvalue weighted by molar-refractivity contribution is 6.40. The molecule has 0 radical (unpaired) electrons. The van der Waals surface area contributed by atoms with E-state index in [4.69, 9.17) is 9.15 Å². The molecule has 2 aromatic heterocycles. The Hall–Kier alpha value is -3.39. The highest BCUT2D eigenvalue weighted by Gasteiger charge is 2.29. The predicted octanol–water partition coefficient (Wildman–Crippen LogP) is 2.35. The number of pyridine rings is 1. The van der Waals surface area contributed by atoms with Gasteiger partial charge in [-0.25, -0.2) is 4.99 Å². The van der Waals surface area contributed by atoms with Crippen molar-refractivity contribution in [1.29, 1.82) is 0 Å². The number of rotatable bonds is 4. The molecule has 0 saturated carbocycles. The van der Waals surface area contributed by atoms with Gasteiger partial charge in [-0.1, -0.05) is 18.2 Å². The van der Waals surface area contributed by atoms with Gasteiger partial charge in [-0.2, -0.15) is 0 Å². The van der Waals surface area contributed by atoms with E-state index in [1.165, 1.54) is 0 Å². The fourth-order valence-electron chi connectivity index (χ4n) is 3.75. The van der Waals surface area contributed by atoms with Crippen molar-refractivity contribution in [2.24, 2.45) is 4.99 Å². The molecule has 1 aromatic carbocycles. The molecule has 1 atom stereocenters. The quantitative estimate of drug-likeness (QED) is 0.709. The van der Waals surface area contributed by atoms with E-state index in [0.29, 0.717) is 12.2 Å². The largest absolute Gasteiger partial charge is 0.464 e. The van der Waals surface area contributed by atoms with Crippen LogP contribution < -0.4 is 15.5 Å². The molecule has 1 amide bonds. The smallest absolute Gasteiger partial charge is 0.310 e. The van der Waals surface area contributed by atoms with Gasteiger partial charge in [-0.05, 0) is 12.1 Å². The van der Waals surface area contributed by atoms with Crippen molar-refractivity contribution in [2.75, 3.05) is 42.9 Å². The third-order valence-corrected chi connectivity index (χ3v) is 5.21. The van der Waals surface area contributed by atoms with Crippen LogP contribution in [-0.4, -0.2) is 49.5 Å². The Morgan fingerprint density at radius 3 is 2.97 bits per heavy atom. The number of amides is 1. The summed E-state index contributed by atoms with van der Waals surface area (Å²) >= 11 is 0. The SMILES string of the molecule is O=C(Nc1cnccc1N1CCNCC1)C1=NCC(c2coc3ccccc23)O1. The standard InChI is InChI=1S/C21H21N5O3/c27-20(25-16-11-23-6-5-17(16)26-9-7-22-8-10-26)21-24-12-19(29-21)15-13-28-18-4-2-1-3-14(15)18/h1-6,11,13,19,22H,7-10,12H2,(H,25,27). The molecule has 0 spiro atoms. The van der Waals surface area contributed by atoms with Gasteiger partial charge in [0.2, 0.25) is 0 Å². The molecule has 8 nitrogen and oxygen atoms in total. The summed E-state index contributed by atoms with van der Waals surface area (Å²) in [5.41, 5.74) is 3.30. The number of benzene rings is 1. The monoisotopic (exact) mass is 391 g/mol. The van der Waals surface area contributed by atoms with Gasteiger partial charge in [-0.15, -0.1) is 0 Å². The summed E-state index contributed by atoms with van der Waals surface area (Å²) in [5.74, 6) is -0.292. The van der Waals surface area contributed by atoms with Crippen LogP contribution in [0.5, 0.6) is 0 Å². The lowest BCUT2D eigenvalue weighted by Crippen LogP contribution is -2.44. The maximum atomic E-state index is 12.8. The van der Waals surface area contributed by atoms with Gasteiger partial charge in [0, 0.05) is 43.3 Å². The zero-order valence-corrected chi connectivity index (χ0v) is 15.8. The number of aliphatic imine (C=N–C) groups is 1. The second-order valence-electron chi connectivity index (χ2n) is 7.02. The van der Waals surface area contributed by atoms with E-state index < -0.39 is 0 Å². The Morgan fingerprint density at radius 2 is 2.07 bits per heavy atom. The number of carbonyl (C=O) groups excluding carboxylic acids is 1. The van der Waals surface area contributed by atoms with Crippen LogP contribution in [-0.2, 0) is 9.53 Å². The third kappa shape index (κ3) is 3.42. The number of nitrogens with one attached hydrogen (secondary N) is 2. The summed E-state index contributed by atoms with van der Waals surface area (Å²) in [6, 6.07) is 9.67. The molecule has 2 aliphatic rings. The summed E-state index contributed by atoms with van der Waals surface area (Å²) < 4.78 is 11.5. The van der Waals surface area contributed by atoms with E-state index in [2.05, 4.69) is 25.5 Å². The molecule has 1 fully saturated rings. The van der Waals surface area contributed by atoms with Crippen LogP contribution in [0.1, 0.15) is 11.7 Å². The number of nitrogens with zero attached hydrogens (tertiary/aromatic N) is 3. The minimum absolute atomic E-state index is 0.0791. The number of furan rings is 1. The Balaban J connectivity index is 1.30. The first-order valence-corrected chi connectivity index (χ1v) is 9.68. The third-order valence-electron chi connectivity index (χ3n) is 5.21. The van der Waals surface area contributed by atoms with E-state index in [-0.39, 0.29) is 17.9 Å². The average Bonchev–Trinajstić information content (AvgIpc) is 3.42. The lowest BCUT2D eigenvalue weighted by Gasteiger charge is -2.30. The number of hydrogen-bond donors (Lipinski definition) is 2. The number of piperazine rings is 1. The molecule has 2 aliphatic heterocycles. The van der Waals surface area contributed by atoms with Gasteiger partial charge in [0.1, 0.15) is 11.7 Å². The van der Waals surface area contributed by atoms with Crippen molar-refractivity contribution in [1.82, 2.24) is 10.3 Å². The molecule has 29 heavy (non-hydrogen) atoms. The van der Waals surface area contributed by atoms with Crippen LogP contribution in [0.15, 0.2) is 58.4 Å². The molecule has 148 valence electrons. The van der Waals surface area contributed by atoms with Crippen molar-refractivity contribution in [2.45, 2.75) is 6.10 Å². The van der Waals surface area contributed by atoms with Crippen molar-refractivity contribution in [3.05, 3.63) is 54.6 Å². The molecule has 8 heteroatoms. The minimum atomic E-state index is -0.371. The number of anilines is 2. The van der Waals surface area contributed by atoms with E-state index in [1.807, 2.05) is 30.3 Å². The summed E-state index contributed by atoms with van der Waals surface area (Å²) in [4.78, 5) is 23.5. The Morgan fingerprint density at radius 1 is 1.21 bits per heavy atom. The predicted molar refractivity (Wildman–Crippen MR) is 110 cm³/mol. The topological polar surface area (TPSA) is 92.0 Å². The lowest BCUT2D eigenvalue weighted by atomic mass is 10.1. The maximum absolute atomic E-state index is 12.8. The summed E-state index contributed by atoms with van der Waals surface area (Å²) in [5, 5.41) is 7.21. The highest BCUT2D eigenvalue weighted by atomic mass is 16.5. The van der Waals surface area contributed by atoms with Crippen LogP contribution >= 0.6 is 0 Å². The molecule has 2 N–H and O–H groups in total. The molecule has 4 heterocycles. The Bertz CT molecular complexity index is 1070. The molecule has 1 unspecified atom stereocenters. The molecule has 1 saturated heterocycles. The average molecular weight is 391 g/mol. The molecule has 5 rings (SSSR count). The van der Waals surface area contributed by atoms with Crippen molar-refractivity contribution < 1.29 is 13.9 Å². The number of aromatic nitrogens is 1. The van der Waals surface area contributed by atoms with Gasteiger partial charge in [0.25, 0.3) is 5.90 Å². The van der Waals surface area contributed by atoms with E-state index in [9.17, 15) is 4.79 Å². The first kappa shape index (κ1) is 17.7. The van der Waals surface area contributed by atoms with Crippen LogP contribution in [0.3, 0.4) is 0 Å². The van der Waals surface area contributed by atoms with Crippen molar-refractivity contribution in [3.8, 4) is 0 Å². The van der Waals surface area contributed by atoms with Crippen LogP contribution in [0, 0.1) is 0 Å². The molecular weight excluding hydrogens is 370 g/mol. The molecular formula is C21H21N5O3. The van der Waals surface area contributed by atoms with E-state index >= 15 is 0 Å². The number of para-hydroxylation sites is 1. The zero-order chi connectivity index (χ0) is 19.6. The minimum Gasteiger partial charge on any atom is -0.464 e. The normalized spacial score (nSPS) is 19.1. The zero-order valence-electron chi connectivity index (χ0n) is 15.8. The lowest BCUT2D eigenvalue weighted by molar-refractivity contribution is -0.111.